The molecule has 0 amide bonds. The topological polar surface area (TPSA) is 149 Å². The van der Waals surface area contributed by atoms with Crippen LogP contribution >= 0.6 is 7.82 Å². The molecule has 0 heterocycles. The first-order valence-electron chi connectivity index (χ1n) is 21.5. The molecule has 0 aliphatic heterocycles. The Morgan fingerprint density at radius 2 is 1.00 bits per heavy atom. The van der Waals surface area contributed by atoms with Crippen LogP contribution in [0.5, 0.6) is 0 Å². The summed E-state index contributed by atoms with van der Waals surface area (Å²) in [6.07, 6.45) is 48.5. The molecule has 0 bridgehead atoms. The fourth-order valence-electron chi connectivity index (χ4n) is 5.25. The van der Waals surface area contributed by atoms with Gasteiger partial charge in [-0.05, 0) is 77.0 Å². The number of carbonyl (C=O) groups excluding carboxylic acids is 2. The molecule has 0 saturated heterocycles. The zero-order valence-corrected chi connectivity index (χ0v) is 36.2. The molecule has 0 spiro atoms. The molecular weight excluding hydrogens is 743 g/mol. The Hall–Kier alpha value is -2.85. The summed E-state index contributed by atoms with van der Waals surface area (Å²) in [5.41, 5.74) is 0. The molecule has 0 saturated carbocycles. The molecule has 0 aromatic heterocycles. The number of phosphoric acid groups is 1. The summed E-state index contributed by atoms with van der Waals surface area (Å²) in [6, 6.07) is 0. The van der Waals surface area contributed by atoms with Crippen LogP contribution in [0.4, 0.5) is 0 Å². The number of rotatable bonds is 39. The van der Waals surface area contributed by atoms with Gasteiger partial charge < -0.3 is 24.6 Å². The van der Waals surface area contributed by atoms with E-state index in [1.165, 1.54) is 51.4 Å². The first-order valence-corrected chi connectivity index (χ1v) is 23.0. The number of aliphatic hydroxyl groups is 2. The van der Waals surface area contributed by atoms with E-state index in [1.54, 1.807) is 0 Å². The third-order valence-electron chi connectivity index (χ3n) is 8.55. The van der Waals surface area contributed by atoms with E-state index in [4.69, 9.17) is 19.1 Å². The summed E-state index contributed by atoms with van der Waals surface area (Å²) in [5, 5.41) is 18.3. The summed E-state index contributed by atoms with van der Waals surface area (Å²) in [6.45, 7) is 2.14. The third kappa shape index (κ3) is 41.1. The van der Waals surface area contributed by atoms with E-state index in [2.05, 4.69) is 91.3 Å². The van der Waals surface area contributed by atoms with E-state index in [0.717, 1.165) is 64.2 Å². The molecule has 326 valence electrons. The molecule has 11 heteroatoms. The van der Waals surface area contributed by atoms with Gasteiger partial charge in [0, 0.05) is 12.8 Å². The minimum atomic E-state index is -4.64. The van der Waals surface area contributed by atoms with Gasteiger partial charge in [-0.15, -0.1) is 0 Å². The van der Waals surface area contributed by atoms with Gasteiger partial charge in [-0.3, -0.25) is 18.6 Å². The van der Waals surface area contributed by atoms with E-state index in [9.17, 15) is 24.2 Å². The molecule has 0 aromatic rings. The van der Waals surface area contributed by atoms with Crippen molar-refractivity contribution in [2.45, 2.75) is 167 Å². The van der Waals surface area contributed by atoms with E-state index in [0.29, 0.717) is 12.8 Å². The van der Waals surface area contributed by atoms with Gasteiger partial charge >= 0.3 is 19.8 Å². The molecule has 3 N–H and O–H groups in total. The number of ether oxygens (including phenoxy) is 2. The summed E-state index contributed by atoms with van der Waals surface area (Å²) in [7, 11) is -4.64. The standard InChI is InChI=1S/C46H77O10P/c1-3-5-7-9-11-13-15-17-19-20-21-22-24-26-28-30-32-34-36-38-46(50)56-44(42-55-57(51,52)54-40-43(48)39-47)41-53-45(49)37-35-33-31-29-27-25-23-18-16-14-12-10-8-6-4-2/h5,7,11,13-14,16-17,19,21-22,26,28,32,34,43-44,47-48H,3-4,6,8-10,12,15,18,20,23-25,27,29-31,33,35-42H2,1-2H3,(H,51,52)/b7-5-,13-11-,16-14-,19-17-,22-21-,28-26-,34-32-/t43-,44+/m0/s1. The van der Waals surface area contributed by atoms with Crippen LogP contribution in [0, 0.1) is 0 Å². The number of hydrogen-bond donors (Lipinski definition) is 3. The highest BCUT2D eigenvalue weighted by molar-refractivity contribution is 7.47. The second-order valence-electron chi connectivity index (χ2n) is 14.0. The molecule has 57 heavy (non-hydrogen) atoms. The third-order valence-corrected chi connectivity index (χ3v) is 9.50. The van der Waals surface area contributed by atoms with Crippen molar-refractivity contribution in [1.82, 2.24) is 0 Å². The molecule has 0 radical (unpaired) electrons. The van der Waals surface area contributed by atoms with Crippen LogP contribution in [-0.4, -0.2) is 65.7 Å². The Balaban J connectivity index is 4.46. The highest BCUT2D eigenvalue weighted by atomic mass is 31.2. The molecule has 0 aliphatic rings. The number of carbonyl (C=O) groups is 2. The van der Waals surface area contributed by atoms with Crippen LogP contribution in [-0.2, 0) is 32.7 Å². The summed E-state index contributed by atoms with van der Waals surface area (Å²) in [4.78, 5) is 34.9. The lowest BCUT2D eigenvalue weighted by molar-refractivity contribution is -0.161. The largest absolute Gasteiger partial charge is 0.472 e. The maximum absolute atomic E-state index is 12.6. The Kier molecular flexibility index (Phi) is 39.2. The molecule has 0 aromatic carbocycles. The van der Waals surface area contributed by atoms with Crippen LogP contribution in [0.15, 0.2) is 85.1 Å². The van der Waals surface area contributed by atoms with Gasteiger partial charge in [0.05, 0.1) is 19.8 Å². The first-order chi connectivity index (χ1) is 27.7. The number of allylic oxidation sites excluding steroid dienone is 14. The minimum Gasteiger partial charge on any atom is -0.462 e. The van der Waals surface area contributed by atoms with Crippen molar-refractivity contribution in [3.8, 4) is 0 Å². The second-order valence-corrected chi connectivity index (χ2v) is 15.4. The average Bonchev–Trinajstić information content (AvgIpc) is 3.20. The summed E-state index contributed by atoms with van der Waals surface area (Å²) in [5.74, 6) is -1.04. The Morgan fingerprint density at radius 3 is 1.53 bits per heavy atom. The van der Waals surface area contributed by atoms with Crippen LogP contribution in [0.25, 0.3) is 0 Å². The Bertz CT molecular complexity index is 1220. The molecule has 0 aliphatic carbocycles. The molecule has 0 rings (SSSR count). The lowest BCUT2D eigenvalue weighted by Crippen LogP contribution is -2.29. The van der Waals surface area contributed by atoms with Gasteiger partial charge in [0.15, 0.2) is 6.10 Å². The number of esters is 2. The van der Waals surface area contributed by atoms with Crippen molar-refractivity contribution >= 4 is 19.8 Å². The van der Waals surface area contributed by atoms with Crippen molar-refractivity contribution < 1.29 is 47.8 Å². The monoisotopic (exact) mass is 821 g/mol. The van der Waals surface area contributed by atoms with Gasteiger partial charge in [-0.2, -0.15) is 0 Å². The van der Waals surface area contributed by atoms with E-state index >= 15 is 0 Å². The van der Waals surface area contributed by atoms with Crippen LogP contribution in [0.1, 0.15) is 155 Å². The zero-order chi connectivity index (χ0) is 41.9. The highest BCUT2D eigenvalue weighted by Crippen LogP contribution is 2.43. The lowest BCUT2D eigenvalue weighted by Gasteiger charge is -2.20. The SMILES string of the molecule is CC/C=C\C/C=C\C/C=C\C/C=C\C/C=C\C/C=C\CCC(=O)O[C@H](COC(=O)CCCCCCCCC/C=C\CCCCCC)COP(=O)(O)OC[C@@H](O)CO. The van der Waals surface area contributed by atoms with Gasteiger partial charge in [0.1, 0.15) is 12.7 Å². The molecule has 10 nitrogen and oxygen atoms in total. The first kappa shape index (κ1) is 54.2. The predicted molar refractivity (Wildman–Crippen MR) is 233 cm³/mol. The molecule has 1 unspecified atom stereocenters. The average molecular weight is 821 g/mol. The van der Waals surface area contributed by atoms with E-state index in [1.807, 2.05) is 12.2 Å². The molecule has 3 atom stereocenters. The quantitative estimate of drug-likeness (QED) is 0.0237. The van der Waals surface area contributed by atoms with E-state index < -0.39 is 51.8 Å². The maximum atomic E-state index is 12.6. The van der Waals surface area contributed by atoms with Crippen LogP contribution in [0.2, 0.25) is 0 Å². The van der Waals surface area contributed by atoms with Crippen molar-refractivity contribution in [2.24, 2.45) is 0 Å². The lowest BCUT2D eigenvalue weighted by atomic mass is 10.1. The second kappa shape index (κ2) is 41.3. The molecular formula is C46H77O10P. The Morgan fingerprint density at radius 1 is 0.544 bits per heavy atom. The van der Waals surface area contributed by atoms with E-state index in [-0.39, 0.29) is 19.4 Å². The van der Waals surface area contributed by atoms with Crippen molar-refractivity contribution in [1.29, 1.82) is 0 Å². The summed E-state index contributed by atoms with van der Waals surface area (Å²) < 4.78 is 32.6. The fourth-order valence-corrected chi connectivity index (χ4v) is 6.04. The van der Waals surface area contributed by atoms with Gasteiger partial charge in [0.25, 0.3) is 0 Å². The van der Waals surface area contributed by atoms with Crippen LogP contribution < -0.4 is 0 Å². The number of aliphatic hydroxyl groups excluding tert-OH is 2. The van der Waals surface area contributed by atoms with Gasteiger partial charge in [-0.1, -0.05) is 150 Å². The number of unbranched alkanes of at least 4 members (excludes halogenated alkanes) is 11. The predicted octanol–water partition coefficient (Wildman–Crippen LogP) is 11.4. The molecule has 0 fully saturated rings. The van der Waals surface area contributed by atoms with Crippen molar-refractivity contribution in [2.75, 3.05) is 26.4 Å². The minimum absolute atomic E-state index is 0.0540. The van der Waals surface area contributed by atoms with Crippen molar-refractivity contribution in [3.63, 3.8) is 0 Å². The number of phosphoric ester groups is 1. The van der Waals surface area contributed by atoms with Crippen LogP contribution in [0.3, 0.4) is 0 Å². The number of hydrogen-bond acceptors (Lipinski definition) is 9. The zero-order valence-electron chi connectivity index (χ0n) is 35.3. The smallest absolute Gasteiger partial charge is 0.462 e. The van der Waals surface area contributed by atoms with Gasteiger partial charge in [-0.25, -0.2) is 4.57 Å². The maximum Gasteiger partial charge on any atom is 0.472 e. The Labute approximate surface area is 345 Å². The summed E-state index contributed by atoms with van der Waals surface area (Å²) >= 11 is 0. The highest BCUT2D eigenvalue weighted by Gasteiger charge is 2.27. The van der Waals surface area contributed by atoms with Crippen molar-refractivity contribution in [3.05, 3.63) is 85.1 Å². The van der Waals surface area contributed by atoms with Gasteiger partial charge in [0.2, 0.25) is 0 Å². The normalized spacial score (nSPS) is 14.7. The fraction of sp³-hybridized carbons (Fsp3) is 0.652.